The van der Waals surface area contributed by atoms with Crippen molar-refractivity contribution in [1.82, 2.24) is 19.9 Å². The Hall–Kier alpha value is -2.87. The summed E-state index contributed by atoms with van der Waals surface area (Å²) in [5.74, 6) is -0.100. The zero-order valence-corrected chi connectivity index (χ0v) is 16.2. The van der Waals surface area contributed by atoms with Crippen molar-refractivity contribution >= 4 is 29.0 Å². The normalized spacial score (nSPS) is 13.6. The predicted octanol–water partition coefficient (Wildman–Crippen LogP) is 3.06. The number of carbonyl (C=O) groups is 1. The summed E-state index contributed by atoms with van der Waals surface area (Å²) in [6, 6.07) is 9.30. The van der Waals surface area contributed by atoms with Gasteiger partial charge in [-0.2, -0.15) is 8.91 Å². The third-order valence-electron chi connectivity index (χ3n) is 4.61. The van der Waals surface area contributed by atoms with Crippen LogP contribution in [0.3, 0.4) is 0 Å². The van der Waals surface area contributed by atoms with E-state index in [4.69, 9.17) is 16.3 Å². The number of hydrogen-bond donors (Lipinski definition) is 1. The summed E-state index contributed by atoms with van der Waals surface area (Å²) in [4.78, 5) is 18.4. The van der Waals surface area contributed by atoms with E-state index in [9.17, 15) is 9.18 Å². The highest BCUT2D eigenvalue weighted by Gasteiger charge is 2.29. The first-order valence-corrected chi connectivity index (χ1v) is 9.23. The molecule has 1 aromatic carbocycles. The molecule has 1 N–H and O–H groups in total. The van der Waals surface area contributed by atoms with Gasteiger partial charge >= 0.3 is 0 Å². The lowest BCUT2D eigenvalue weighted by molar-refractivity contribution is 0.0948. The van der Waals surface area contributed by atoms with Crippen LogP contribution in [0.25, 0.3) is 5.65 Å². The molecule has 0 bridgehead atoms. The van der Waals surface area contributed by atoms with Crippen molar-refractivity contribution in [2.75, 3.05) is 19.1 Å². The van der Waals surface area contributed by atoms with E-state index in [-0.39, 0.29) is 22.4 Å². The third-order valence-corrected chi connectivity index (χ3v) is 4.80. The number of hydrogen-bond acceptors (Lipinski definition) is 5. The van der Waals surface area contributed by atoms with Crippen LogP contribution in [0.4, 0.5) is 10.2 Å². The fourth-order valence-corrected chi connectivity index (χ4v) is 3.16. The fraction of sp³-hybridized carbons (Fsp3) is 0.316. The maximum Gasteiger partial charge on any atom is 0.260 e. The van der Waals surface area contributed by atoms with E-state index in [1.807, 2.05) is 36.2 Å². The molecule has 0 aliphatic heterocycles. The molecular weight excluding hydrogens is 385 g/mol. The van der Waals surface area contributed by atoms with Gasteiger partial charge in [0.25, 0.3) is 5.91 Å². The average molecular weight is 404 g/mol. The quantitative estimate of drug-likeness (QED) is 0.640. The number of halogens is 2. The Morgan fingerprint density at radius 2 is 2.11 bits per heavy atom. The van der Waals surface area contributed by atoms with Crippen LogP contribution >= 0.6 is 11.6 Å². The number of rotatable bonds is 6. The number of fused-ring (bicyclic) bond motifs is 1. The Morgan fingerprint density at radius 1 is 1.39 bits per heavy atom. The highest BCUT2D eigenvalue weighted by Crippen LogP contribution is 2.26. The van der Waals surface area contributed by atoms with Crippen molar-refractivity contribution in [2.24, 2.45) is 0 Å². The molecule has 0 spiro atoms. The molecule has 9 heteroatoms. The van der Waals surface area contributed by atoms with Gasteiger partial charge in [-0.1, -0.05) is 23.7 Å². The summed E-state index contributed by atoms with van der Waals surface area (Å²) in [5, 5.41) is 6.82. The van der Waals surface area contributed by atoms with Crippen LogP contribution in [-0.4, -0.2) is 40.7 Å². The standard InChI is InChI=1S/C19H19ClFN5O2/c1-25(10-11-3-7-13(28-2)8-4-11)15-9-14(20)23-18-16(17(21)24-26(15)18)19(27)22-12-5-6-12/h3-4,7-9,12H,5-6,10H2,1-2H3,(H,22,27). The number of ether oxygens (including phenoxy) is 1. The van der Waals surface area contributed by atoms with Crippen molar-refractivity contribution in [3.05, 3.63) is 52.6 Å². The van der Waals surface area contributed by atoms with Crippen molar-refractivity contribution in [3.63, 3.8) is 0 Å². The van der Waals surface area contributed by atoms with Crippen LogP contribution in [0, 0.1) is 5.95 Å². The zero-order valence-electron chi connectivity index (χ0n) is 15.4. The SMILES string of the molecule is COc1ccc(CN(C)c2cc(Cl)nc3c(C(=O)NC4CC4)c(F)nn23)cc1. The number of anilines is 1. The van der Waals surface area contributed by atoms with Gasteiger partial charge in [-0.05, 0) is 30.5 Å². The molecule has 0 radical (unpaired) electrons. The molecule has 1 fully saturated rings. The van der Waals surface area contributed by atoms with E-state index < -0.39 is 11.9 Å². The number of aromatic nitrogens is 3. The summed E-state index contributed by atoms with van der Waals surface area (Å²) in [6.45, 7) is 0.518. The minimum absolute atomic E-state index is 0.0956. The van der Waals surface area contributed by atoms with Gasteiger partial charge in [0.2, 0.25) is 5.95 Å². The molecule has 146 valence electrons. The maximum absolute atomic E-state index is 14.5. The van der Waals surface area contributed by atoms with E-state index >= 15 is 0 Å². The van der Waals surface area contributed by atoms with Crippen molar-refractivity contribution in [2.45, 2.75) is 25.4 Å². The predicted molar refractivity (Wildman–Crippen MR) is 104 cm³/mol. The lowest BCUT2D eigenvalue weighted by Crippen LogP contribution is -2.26. The second-order valence-electron chi connectivity index (χ2n) is 6.79. The minimum Gasteiger partial charge on any atom is -0.497 e. The van der Waals surface area contributed by atoms with Crippen molar-refractivity contribution < 1.29 is 13.9 Å². The largest absolute Gasteiger partial charge is 0.497 e. The van der Waals surface area contributed by atoms with E-state index in [0.717, 1.165) is 24.2 Å². The molecule has 2 aromatic heterocycles. The summed E-state index contributed by atoms with van der Waals surface area (Å²) in [6.07, 6.45) is 1.80. The second-order valence-corrected chi connectivity index (χ2v) is 7.18. The Labute approximate surface area is 166 Å². The summed E-state index contributed by atoms with van der Waals surface area (Å²) < 4.78 is 21.0. The van der Waals surface area contributed by atoms with Crippen LogP contribution in [-0.2, 0) is 6.54 Å². The fourth-order valence-electron chi connectivity index (χ4n) is 2.99. The number of methoxy groups -OCH3 is 1. The number of carbonyl (C=O) groups excluding carboxylic acids is 1. The van der Waals surface area contributed by atoms with Crippen molar-refractivity contribution in [1.29, 1.82) is 0 Å². The first kappa shape index (κ1) is 18.5. The zero-order chi connectivity index (χ0) is 19.8. The van der Waals surface area contributed by atoms with Crippen molar-refractivity contribution in [3.8, 4) is 5.75 Å². The average Bonchev–Trinajstić information content (AvgIpc) is 3.41. The lowest BCUT2D eigenvalue weighted by atomic mass is 10.2. The molecule has 0 saturated heterocycles. The van der Waals surface area contributed by atoms with Crippen LogP contribution in [0.5, 0.6) is 5.75 Å². The van der Waals surface area contributed by atoms with Crippen LogP contribution in [0.1, 0.15) is 28.8 Å². The van der Waals surface area contributed by atoms with Gasteiger partial charge in [0.15, 0.2) is 5.65 Å². The van der Waals surface area contributed by atoms with Gasteiger partial charge < -0.3 is 15.0 Å². The van der Waals surface area contributed by atoms with E-state index in [0.29, 0.717) is 12.4 Å². The van der Waals surface area contributed by atoms with Crippen LogP contribution in [0.15, 0.2) is 30.3 Å². The Balaban J connectivity index is 1.68. The van der Waals surface area contributed by atoms with Gasteiger partial charge in [0, 0.05) is 25.7 Å². The molecule has 7 nitrogen and oxygen atoms in total. The molecular formula is C19H19ClFN5O2. The molecule has 4 rings (SSSR count). The van der Waals surface area contributed by atoms with Crippen LogP contribution in [0.2, 0.25) is 5.15 Å². The molecule has 1 amide bonds. The van der Waals surface area contributed by atoms with Gasteiger partial charge in [-0.3, -0.25) is 4.79 Å². The molecule has 28 heavy (non-hydrogen) atoms. The van der Waals surface area contributed by atoms with Gasteiger partial charge in [0.05, 0.1) is 7.11 Å². The Bertz CT molecular complexity index is 1030. The van der Waals surface area contributed by atoms with Gasteiger partial charge in [-0.15, -0.1) is 5.10 Å². The van der Waals surface area contributed by atoms with Gasteiger partial charge in [0.1, 0.15) is 22.3 Å². The molecule has 2 heterocycles. The van der Waals surface area contributed by atoms with Crippen LogP contribution < -0.4 is 15.0 Å². The third kappa shape index (κ3) is 3.60. The molecule has 0 unspecified atom stereocenters. The second kappa shape index (κ2) is 7.27. The monoisotopic (exact) mass is 403 g/mol. The highest BCUT2D eigenvalue weighted by atomic mass is 35.5. The summed E-state index contributed by atoms with van der Waals surface area (Å²) in [5.41, 5.74) is 0.928. The molecule has 1 aliphatic carbocycles. The maximum atomic E-state index is 14.5. The smallest absolute Gasteiger partial charge is 0.260 e. The highest BCUT2D eigenvalue weighted by molar-refractivity contribution is 6.29. The Kier molecular flexibility index (Phi) is 4.80. The molecule has 1 aliphatic rings. The molecule has 3 aromatic rings. The van der Waals surface area contributed by atoms with E-state index in [1.165, 1.54) is 4.52 Å². The lowest BCUT2D eigenvalue weighted by Gasteiger charge is -2.20. The van der Waals surface area contributed by atoms with Gasteiger partial charge in [-0.25, -0.2) is 4.98 Å². The molecule has 1 saturated carbocycles. The van der Waals surface area contributed by atoms with E-state index in [1.54, 1.807) is 13.2 Å². The Morgan fingerprint density at radius 3 is 2.75 bits per heavy atom. The minimum atomic E-state index is -0.869. The topological polar surface area (TPSA) is 71.8 Å². The first-order chi connectivity index (χ1) is 13.5. The molecule has 0 atom stereocenters. The summed E-state index contributed by atoms with van der Waals surface area (Å²) >= 11 is 6.16. The van der Waals surface area contributed by atoms with E-state index in [2.05, 4.69) is 15.4 Å². The number of nitrogens with zero attached hydrogens (tertiary/aromatic N) is 4. The summed E-state index contributed by atoms with van der Waals surface area (Å²) in [7, 11) is 3.44. The number of benzene rings is 1. The first-order valence-electron chi connectivity index (χ1n) is 8.86. The number of amides is 1. The number of nitrogens with one attached hydrogen (secondary N) is 1.